The number of aryl methyl sites for hydroxylation is 1. The summed E-state index contributed by atoms with van der Waals surface area (Å²) in [5.41, 5.74) is 2.86. The highest BCUT2D eigenvalue weighted by Gasteiger charge is 2.19. The van der Waals surface area contributed by atoms with E-state index in [4.69, 9.17) is 0 Å². The minimum absolute atomic E-state index is 0.0793. The molecular weight excluding hydrogens is 362 g/mol. The molecule has 0 saturated heterocycles. The summed E-state index contributed by atoms with van der Waals surface area (Å²) < 4.78 is 27.9. The van der Waals surface area contributed by atoms with E-state index in [0.29, 0.717) is 5.69 Å². The third-order valence-corrected chi connectivity index (χ3v) is 5.79. The van der Waals surface area contributed by atoms with Crippen LogP contribution in [0.1, 0.15) is 31.0 Å². The first-order chi connectivity index (χ1) is 12.7. The highest BCUT2D eigenvalue weighted by molar-refractivity contribution is 7.89. The number of benzene rings is 2. The molecule has 0 spiro atoms. The van der Waals surface area contributed by atoms with E-state index >= 15 is 0 Å². The Labute approximate surface area is 161 Å². The lowest BCUT2D eigenvalue weighted by molar-refractivity contribution is -0.114. The van der Waals surface area contributed by atoms with Crippen molar-refractivity contribution >= 4 is 21.6 Å². The maximum absolute atomic E-state index is 12.6. The Balaban J connectivity index is 2.11. The number of sulfonamides is 1. The summed E-state index contributed by atoms with van der Waals surface area (Å²) in [5, 5.41) is 2.62. The van der Waals surface area contributed by atoms with Crippen molar-refractivity contribution in [2.24, 2.45) is 0 Å². The number of hydrogen-bond donors (Lipinski definition) is 2. The van der Waals surface area contributed by atoms with Crippen LogP contribution in [0.2, 0.25) is 0 Å². The monoisotopic (exact) mass is 389 g/mol. The molecule has 0 unspecified atom stereocenters. The molecule has 2 rings (SSSR count). The van der Waals surface area contributed by atoms with Gasteiger partial charge in [0.25, 0.3) is 0 Å². The number of carbonyl (C=O) groups excluding carboxylic acids is 1. The average Bonchev–Trinajstić information content (AvgIpc) is 2.62. The second-order valence-corrected chi connectivity index (χ2v) is 8.40. The molecule has 27 heavy (non-hydrogen) atoms. The van der Waals surface area contributed by atoms with Gasteiger partial charge in [-0.15, -0.1) is 0 Å². The normalized spacial score (nSPS) is 12.8. The molecule has 6 nitrogen and oxygen atoms in total. The molecule has 0 radical (unpaired) electrons. The van der Waals surface area contributed by atoms with Crippen molar-refractivity contribution in [1.29, 1.82) is 0 Å². The summed E-state index contributed by atoms with van der Waals surface area (Å²) >= 11 is 0. The number of amides is 1. The van der Waals surface area contributed by atoms with Crippen LogP contribution < -0.4 is 10.0 Å². The van der Waals surface area contributed by atoms with E-state index in [1.54, 1.807) is 12.1 Å². The van der Waals surface area contributed by atoms with Crippen molar-refractivity contribution in [2.45, 2.75) is 31.2 Å². The SMILES string of the molecule is CCc1ccc([C@@H](CNS(=O)(=O)c2ccc(NC(C)=O)cc2)N(C)C)cc1. The quantitative estimate of drug-likeness (QED) is 0.728. The van der Waals surface area contributed by atoms with Gasteiger partial charge in [-0.2, -0.15) is 0 Å². The zero-order valence-electron chi connectivity index (χ0n) is 16.2. The molecule has 0 aliphatic rings. The Morgan fingerprint density at radius 3 is 2.11 bits per heavy atom. The van der Waals surface area contributed by atoms with Crippen LogP contribution in [-0.4, -0.2) is 39.9 Å². The number of hydrogen-bond acceptors (Lipinski definition) is 4. The number of nitrogens with zero attached hydrogens (tertiary/aromatic N) is 1. The molecule has 7 heteroatoms. The van der Waals surface area contributed by atoms with Gasteiger partial charge in [0.15, 0.2) is 0 Å². The predicted octanol–water partition coefficient (Wildman–Crippen LogP) is 2.79. The molecule has 0 heterocycles. The van der Waals surface area contributed by atoms with Gasteiger partial charge < -0.3 is 10.2 Å². The number of rotatable bonds is 8. The smallest absolute Gasteiger partial charge is 0.240 e. The number of likely N-dealkylation sites (N-methyl/N-ethyl adjacent to an activating group) is 1. The third-order valence-electron chi connectivity index (χ3n) is 4.35. The largest absolute Gasteiger partial charge is 0.326 e. The van der Waals surface area contributed by atoms with Crippen LogP contribution in [-0.2, 0) is 21.2 Å². The molecule has 1 atom stereocenters. The summed E-state index contributed by atoms with van der Waals surface area (Å²) in [6, 6.07) is 14.3. The van der Waals surface area contributed by atoms with E-state index in [1.807, 2.05) is 31.1 Å². The molecule has 2 aromatic rings. The Morgan fingerprint density at radius 2 is 1.63 bits per heavy atom. The minimum Gasteiger partial charge on any atom is -0.326 e. The maximum Gasteiger partial charge on any atom is 0.240 e. The lowest BCUT2D eigenvalue weighted by atomic mass is 10.0. The molecule has 1 amide bonds. The topological polar surface area (TPSA) is 78.5 Å². The fourth-order valence-corrected chi connectivity index (χ4v) is 3.81. The van der Waals surface area contributed by atoms with Crippen LogP contribution in [0, 0.1) is 0 Å². The Morgan fingerprint density at radius 1 is 1.04 bits per heavy atom. The molecule has 146 valence electrons. The van der Waals surface area contributed by atoms with Gasteiger partial charge in [-0.05, 0) is 55.9 Å². The van der Waals surface area contributed by atoms with Gasteiger partial charge in [-0.3, -0.25) is 4.79 Å². The first kappa shape index (κ1) is 21.1. The van der Waals surface area contributed by atoms with Gasteiger partial charge in [0.2, 0.25) is 15.9 Å². The molecule has 2 aromatic carbocycles. The lowest BCUT2D eigenvalue weighted by Crippen LogP contribution is -2.34. The van der Waals surface area contributed by atoms with Gasteiger partial charge in [-0.25, -0.2) is 13.1 Å². The molecule has 0 aliphatic carbocycles. The highest BCUT2D eigenvalue weighted by atomic mass is 32.2. The second-order valence-electron chi connectivity index (χ2n) is 6.63. The third kappa shape index (κ3) is 5.89. The number of anilines is 1. The van der Waals surface area contributed by atoms with Crippen molar-refractivity contribution in [3.05, 3.63) is 59.7 Å². The second kappa shape index (κ2) is 9.12. The van der Waals surface area contributed by atoms with E-state index in [9.17, 15) is 13.2 Å². The van der Waals surface area contributed by atoms with Crippen molar-refractivity contribution in [1.82, 2.24) is 9.62 Å². The Bertz CT molecular complexity index is 860. The van der Waals surface area contributed by atoms with Gasteiger partial charge in [0, 0.05) is 25.2 Å². The fraction of sp³-hybridized carbons (Fsp3) is 0.350. The van der Waals surface area contributed by atoms with Gasteiger partial charge in [0.05, 0.1) is 4.90 Å². The summed E-state index contributed by atoms with van der Waals surface area (Å²) in [4.78, 5) is 13.2. The lowest BCUT2D eigenvalue weighted by Gasteiger charge is -2.25. The maximum atomic E-state index is 12.6. The highest BCUT2D eigenvalue weighted by Crippen LogP contribution is 2.20. The predicted molar refractivity (Wildman–Crippen MR) is 108 cm³/mol. The fourth-order valence-electron chi connectivity index (χ4n) is 2.77. The molecule has 0 bridgehead atoms. The van der Waals surface area contributed by atoms with E-state index in [2.05, 4.69) is 29.1 Å². The Kier molecular flexibility index (Phi) is 7.12. The summed E-state index contributed by atoms with van der Waals surface area (Å²) in [5.74, 6) is -0.202. The summed E-state index contributed by atoms with van der Waals surface area (Å²) in [6.07, 6.45) is 0.966. The standard InChI is InChI=1S/C20H27N3O3S/c1-5-16-6-8-17(9-7-16)20(23(3)4)14-21-27(25,26)19-12-10-18(11-13-19)22-15(2)24/h6-13,20-21H,5,14H2,1-4H3,(H,22,24)/t20-/m1/s1. The van der Waals surface area contributed by atoms with Crippen LogP contribution in [0.5, 0.6) is 0 Å². The van der Waals surface area contributed by atoms with Crippen molar-refractivity contribution < 1.29 is 13.2 Å². The molecule has 0 aliphatic heterocycles. The van der Waals surface area contributed by atoms with Gasteiger partial charge >= 0.3 is 0 Å². The van der Waals surface area contributed by atoms with E-state index in [0.717, 1.165) is 12.0 Å². The van der Waals surface area contributed by atoms with Crippen LogP contribution in [0.4, 0.5) is 5.69 Å². The molecular formula is C20H27N3O3S. The Hall–Kier alpha value is -2.22. The first-order valence-electron chi connectivity index (χ1n) is 8.85. The van der Waals surface area contributed by atoms with Crippen LogP contribution in [0.3, 0.4) is 0 Å². The minimum atomic E-state index is -3.64. The summed E-state index contributed by atoms with van der Waals surface area (Å²) in [6.45, 7) is 3.76. The van der Waals surface area contributed by atoms with Crippen LogP contribution in [0.25, 0.3) is 0 Å². The van der Waals surface area contributed by atoms with E-state index in [-0.39, 0.29) is 23.4 Å². The first-order valence-corrected chi connectivity index (χ1v) is 10.3. The van der Waals surface area contributed by atoms with E-state index in [1.165, 1.54) is 24.6 Å². The zero-order valence-corrected chi connectivity index (χ0v) is 17.0. The molecule has 0 fully saturated rings. The summed E-state index contributed by atoms with van der Waals surface area (Å²) in [7, 11) is 0.207. The van der Waals surface area contributed by atoms with Gasteiger partial charge in [-0.1, -0.05) is 31.2 Å². The van der Waals surface area contributed by atoms with Crippen molar-refractivity contribution in [3.63, 3.8) is 0 Å². The molecule has 2 N–H and O–H groups in total. The van der Waals surface area contributed by atoms with Crippen LogP contribution in [0.15, 0.2) is 53.4 Å². The van der Waals surface area contributed by atoms with Crippen molar-refractivity contribution in [3.8, 4) is 0 Å². The molecule has 0 saturated carbocycles. The zero-order chi connectivity index (χ0) is 20.0. The van der Waals surface area contributed by atoms with Crippen LogP contribution >= 0.6 is 0 Å². The number of carbonyl (C=O) groups is 1. The average molecular weight is 390 g/mol. The van der Waals surface area contributed by atoms with E-state index < -0.39 is 10.0 Å². The number of nitrogens with one attached hydrogen (secondary N) is 2. The van der Waals surface area contributed by atoms with Gasteiger partial charge in [0.1, 0.15) is 0 Å². The van der Waals surface area contributed by atoms with Crippen molar-refractivity contribution in [2.75, 3.05) is 26.0 Å². The molecule has 0 aromatic heterocycles.